The van der Waals surface area contributed by atoms with Crippen LogP contribution in [0, 0.1) is 0 Å². The van der Waals surface area contributed by atoms with Crippen molar-refractivity contribution in [3.8, 4) is 11.4 Å². The maximum absolute atomic E-state index is 12.2. The van der Waals surface area contributed by atoms with E-state index in [0.717, 1.165) is 0 Å². The molecule has 0 fully saturated rings. The summed E-state index contributed by atoms with van der Waals surface area (Å²) in [5.41, 5.74) is 6.76. The maximum atomic E-state index is 12.2. The van der Waals surface area contributed by atoms with Gasteiger partial charge in [-0.2, -0.15) is 5.10 Å². The van der Waals surface area contributed by atoms with Gasteiger partial charge < -0.3 is 15.8 Å². The monoisotopic (exact) mass is 365 g/mol. The number of carbonyl (C=O) groups is 3. The summed E-state index contributed by atoms with van der Waals surface area (Å²) in [6, 6.07) is 12.7. The van der Waals surface area contributed by atoms with Crippen LogP contribution >= 0.6 is 0 Å². The molecule has 0 aliphatic rings. The Morgan fingerprint density at radius 2 is 1.85 bits per heavy atom. The molecule has 3 rings (SSSR count). The lowest BCUT2D eigenvalue weighted by Gasteiger charge is -2.08. The van der Waals surface area contributed by atoms with Gasteiger partial charge in [0.05, 0.1) is 5.56 Å². The zero-order valence-corrected chi connectivity index (χ0v) is 14.0. The SMILES string of the molecule is NC(=O)c1cccc(NC(=O)COC(=O)c2cccc(-c3ncn[nH]3)c2)c1. The van der Waals surface area contributed by atoms with E-state index in [-0.39, 0.29) is 11.1 Å². The van der Waals surface area contributed by atoms with Gasteiger partial charge in [0, 0.05) is 16.8 Å². The first-order valence-electron chi connectivity index (χ1n) is 7.85. The zero-order valence-electron chi connectivity index (χ0n) is 14.0. The normalized spacial score (nSPS) is 10.2. The molecule has 0 atom stereocenters. The molecule has 9 heteroatoms. The minimum atomic E-state index is -0.655. The zero-order chi connectivity index (χ0) is 19.2. The number of primary amides is 1. The van der Waals surface area contributed by atoms with Crippen LogP contribution in [0.4, 0.5) is 5.69 Å². The molecule has 0 aliphatic carbocycles. The van der Waals surface area contributed by atoms with E-state index in [2.05, 4.69) is 20.5 Å². The Balaban J connectivity index is 1.59. The number of rotatable bonds is 6. The Bertz CT molecular complexity index is 985. The Morgan fingerprint density at radius 3 is 2.59 bits per heavy atom. The third-order valence-electron chi connectivity index (χ3n) is 3.55. The molecule has 0 bridgehead atoms. The van der Waals surface area contributed by atoms with E-state index in [1.807, 2.05) is 0 Å². The van der Waals surface area contributed by atoms with Crippen molar-refractivity contribution in [2.75, 3.05) is 11.9 Å². The van der Waals surface area contributed by atoms with Crippen molar-refractivity contribution < 1.29 is 19.1 Å². The standard InChI is InChI=1S/C18H15N5O4/c19-16(25)11-3-2-6-14(8-11)22-15(24)9-27-18(26)13-5-1-4-12(7-13)17-20-10-21-23-17/h1-8,10H,9H2,(H2,19,25)(H,22,24)(H,20,21,23). The molecule has 0 radical (unpaired) electrons. The molecule has 1 heterocycles. The number of ether oxygens (including phenoxy) is 1. The first-order valence-corrected chi connectivity index (χ1v) is 7.85. The molecule has 2 amide bonds. The summed E-state index contributed by atoms with van der Waals surface area (Å²) in [5, 5.41) is 8.99. The van der Waals surface area contributed by atoms with Gasteiger partial charge in [0.2, 0.25) is 5.91 Å². The quantitative estimate of drug-likeness (QED) is 0.564. The summed E-state index contributed by atoms with van der Waals surface area (Å²) >= 11 is 0. The highest BCUT2D eigenvalue weighted by Gasteiger charge is 2.12. The second-order valence-electron chi connectivity index (χ2n) is 5.48. The maximum Gasteiger partial charge on any atom is 0.338 e. The summed E-state index contributed by atoms with van der Waals surface area (Å²) in [6.45, 7) is -0.480. The van der Waals surface area contributed by atoms with E-state index in [1.165, 1.54) is 18.5 Å². The first-order chi connectivity index (χ1) is 13.0. The predicted molar refractivity (Wildman–Crippen MR) is 95.7 cm³/mol. The lowest BCUT2D eigenvalue weighted by molar-refractivity contribution is -0.119. The van der Waals surface area contributed by atoms with Gasteiger partial charge in [-0.3, -0.25) is 14.7 Å². The highest BCUT2D eigenvalue weighted by molar-refractivity contribution is 5.98. The fourth-order valence-corrected chi connectivity index (χ4v) is 2.30. The smallest absolute Gasteiger partial charge is 0.338 e. The van der Waals surface area contributed by atoms with Gasteiger partial charge in [-0.1, -0.05) is 18.2 Å². The molecular weight excluding hydrogens is 350 g/mol. The Labute approximate surface area is 153 Å². The van der Waals surface area contributed by atoms with E-state index in [0.29, 0.717) is 17.1 Å². The number of H-pyrrole nitrogens is 1. The molecule has 2 aromatic carbocycles. The molecule has 0 aliphatic heterocycles. The van der Waals surface area contributed by atoms with E-state index >= 15 is 0 Å². The molecule has 3 aromatic rings. The minimum absolute atomic E-state index is 0.258. The van der Waals surface area contributed by atoms with Crippen LogP contribution < -0.4 is 11.1 Å². The summed E-state index contributed by atoms with van der Waals surface area (Å²) in [6.07, 6.45) is 1.36. The Morgan fingerprint density at radius 1 is 1.07 bits per heavy atom. The van der Waals surface area contributed by atoms with Crippen LogP contribution in [0.5, 0.6) is 0 Å². The predicted octanol–water partition coefficient (Wildman–Crippen LogP) is 1.37. The number of aromatic nitrogens is 3. The van der Waals surface area contributed by atoms with E-state index < -0.39 is 24.4 Å². The van der Waals surface area contributed by atoms with Crippen LogP contribution in [0.1, 0.15) is 20.7 Å². The van der Waals surface area contributed by atoms with Gasteiger partial charge in [0.15, 0.2) is 12.4 Å². The third kappa shape index (κ3) is 4.54. The third-order valence-corrected chi connectivity index (χ3v) is 3.55. The van der Waals surface area contributed by atoms with Crippen LogP contribution in [-0.2, 0) is 9.53 Å². The van der Waals surface area contributed by atoms with Crippen LogP contribution in [0.3, 0.4) is 0 Å². The lowest BCUT2D eigenvalue weighted by atomic mass is 10.1. The molecule has 1 aromatic heterocycles. The van der Waals surface area contributed by atoms with Crippen molar-refractivity contribution in [2.45, 2.75) is 0 Å². The Kier molecular flexibility index (Phi) is 5.22. The number of nitrogens with two attached hydrogens (primary N) is 1. The molecule has 136 valence electrons. The second-order valence-corrected chi connectivity index (χ2v) is 5.48. The molecule has 27 heavy (non-hydrogen) atoms. The van der Waals surface area contributed by atoms with Gasteiger partial charge in [-0.15, -0.1) is 0 Å². The topological polar surface area (TPSA) is 140 Å². The molecule has 0 saturated carbocycles. The largest absolute Gasteiger partial charge is 0.452 e. The van der Waals surface area contributed by atoms with Crippen molar-refractivity contribution >= 4 is 23.5 Å². The van der Waals surface area contributed by atoms with Crippen LogP contribution in [-0.4, -0.2) is 39.6 Å². The van der Waals surface area contributed by atoms with Gasteiger partial charge in [0.25, 0.3) is 5.91 Å². The molecule has 4 N–H and O–H groups in total. The number of carbonyl (C=O) groups excluding carboxylic acids is 3. The number of nitrogens with zero attached hydrogens (tertiary/aromatic N) is 2. The number of hydrogen-bond acceptors (Lipinski definition) is 6. The highest BCUT2D eigenvalue weighted by Crippen LogP contribution is 2.16. The number of esters is 1. The summed E-state index contributed by atoms with van der Waals surface area (Å²) in [5.74, 6) is -1.30. The van der Waals surface area contributed by atoms with Gasteiger partial charge >= 0.3 is 5.97 Å². The van der Waals surface area contributed by atoms with Crippen LogP contribution in [0.2, 0.25) is 0 Å². The number of hydrogen-bond donors (Lipinski definition) is 3. The molecular formula is C18H15N5O4. The Hall–Kier alpha value is -4.01. The molecule has 0 unspecified atom stereocenters. The number of aromatic amines is 1. The van der Waals surface area contributed by atoms with E-state index in [9.17, 15) is 14.4 Å². The second kappa shape index (κ2) is 7.91. The highest BCUT2D eigenvalue weighted by atomic mass is 16.5. The fourth-order valence-electron chi connectivity index (χ4n) is 2.30. The molecule has 9 nitrogen and oxygen atoms in total. The average molecular weight is 365 g/mol. The summed E-state index contributed by atoms with van der Waals surface area (Å²) in [7, 11) is 0. The van der Waals surface area contributed by atoms with Crippen LogP contribution in [0.15, 0.2) is 54.9 Å². The van der Waals surface area contributed by atoms with E-state index in [1.54, 1.807) is 36.4 Å². The van der Waals surface area contributed by atoms with Crippen molar-refractivity contribution in [2.24, 2.45) is 5.73 Å². The minimum Gasteiger partial charge on any atom is -0.452 e. The van der Waals surface area contributed by atoms with Gasteiger partial charge in [-0.05, 0) is 30.3 Å². The number of nitrogens with one attached hydrogen (secondary N) is 2. The molecule has 0 saturated heterocycles. The number of benzene rings is 2. The number of anilines is 1. The van der Waals surface area contributed by atoms with Crippen molar-refractivity contribution in [3.05, 3.63) is 66.0 Å². The summed E-state index contributed by atoms with van der Waals surface area (Å²) < 4.78 is 5.02. The van der Waals surface area contributed by atoms with Gasteiger partial charge in [0.1, 0.15) is 6.33 Å². The van der Waals surface area contributed by atoms with Crippen molar-refractivity contribution in [3.63, 3.8) is 0 Å². The van der Waals surface area contributed by atoms with Gasteiger partial charge in [-0.25, -0.2) is 9.78 Å². The fraction of sp³-hybridized carbons (Fsp3) is 0.0556. The summed E-state index contributed by atoms with van der Waals surface area (Å²) in [4.78, 5) is 39.3. The molecule has 0 spiro atoms. The number of amides is 2. The first kappa shape index (κ1) is 17.8. The average Bonchev–Trinajstić information content (AvgIpc) is 3.21. The lowest BCUT2D eigenvalue weighted by Crippen LogP contribution is -2.21. The van der Waals surface area contributed by atoms with E-state index in [4.69, 9.17) is 10.5 Å². The van der Waals surface area contributed by atoms with Crippen molar-refractivity contribution in [1.82, 2.24) is 15.2 Å². The van der Waals surface area contributed by atoms with Crippen molar-refractivity contribution in [1.29, 1.82) is 0 Å². The van der Waals surface area contributed by atoms with Crippen LogP contribution in [0.25, 0.3) is 11.4 Å².